The summed E-state index contributed by atoms with van der Waals surface area (Å²) in [6.45, 7) is 0.632. The van der Waals surface area contributed by atoms with Crippen LogP contribution in [0.25, 0.3) is 0 Å². The standard InChI is InChI=1S/C10H19NO5Si/c1-14-9(12)7-8(10(13)15-2)11-5-4-6-17-16-3/h8,11H,4-7H2,1-3H3. The van der Waals surface area contributed by atoms with Crippen LogP contribution >= 0.6 is 0 Å². The molecule has 2 radical (unpaired) electrons. The van der Waals surface area contributed by atoms with Crippen molar-refractivity contribution in [1.82, 2.24) is 5.32 Å². The van der Waals surface area contributed by atoms with Crippen molar-refractivity contribution in [3.63, 3.8) is 0 Å². The fraction of sp³-hybridized carbons (Fsp3) is 0.800. The average Bonchev–Trinajstić information content (AvgIpc) is 2.35. The van der Waals surface area contributed by atoms with E-state index in [4.69, 9.17) is 4.43 Å². The van der Waals surface area contributed by atoms with Crippen LogP contribution in [0.5, 0.6) is 0 Å². The Morgan fingerprint density at radius 1 is 1.24 bits per heavy atom. The molecule has 0 fully saturated rings. The summed E-state index contributed by atoms with van der Waals surface area (Å²) in [5, 5.41) is 2.97. The van der Waals surface area contributed by atoms with Gasteiger partial charge in [0.25, 0.3) is 0 Å². The molecule has 17 heavy (non-hydrogen) atoms. The summed E-state index contributed by atoms with van der Waals surface area (Å²) in [5.74, 6) is -0.892. The maximum atomic E-state index is 11.4. The zero-order valence-electron chi connectivity index (χ0n) is 10.4. The molecule has 1 unspecified atom stereocenters. The Balaban J connectivity index is 3.94. The number of hydrogen-bond acceptors (Lipinski definition) is 6. The van der Waals surface area contributed by atoms with Crippen LogP contribution in [-0.2, 0) is 23.5 Å². The number of rotatable bonds is 9. The fourth-order valence-corrected chi connectivity index (χ4v) is 1.70. The number of hydrogen-bond donors (Lipinski definition) is 1. The van der Waals surface area contributed by atoms with Gasteiger partial charge < -0.3 is 19.2 Å². The summed E-state index contributed by atoms with van der Waals surface area (Å²) in [7, 11) is 4.69. The van der Waals surface area contributed by atoms with Gasteiger partial charge in [-0.3, -0.25) is 9.59 Å². The van der Waals surface area contributed by atoms with Crippen LogP contribution in [0.2, 0.25) is 6.04 Å². The summed E-state index contributed by atoms with van der Waals surface area (Å²) >= 11 is 0. The van der Waals surface area contributed by atoms with E-state index >= 15 is 0 Å². The molecule has 7 heteroatoms. The Kier molecular flexibility index (Phi) is 9.69. The summed E-state index contributed by atoms with van der Waals surface area (Å²) < 4.78 is 14.1. The normalized spacial score (nSPS) is 11.9. The molecule has 0 saturated heterocycles. The van der Waals surface area contributed by atoms with E-state index in [2.05, 4.69) is 14.8 Å². The van der Waals surface area contributed by atoms with Gasteiger partial charge >= 0.3 is 11.9 Å². The van der Waals surface area contributed by atoms with Crippen molar-refractivity contribution < 1.29 is 23.5 Å². The molecule has 0 heterocycles. The summed E-state index contributed by atoms with van der Waals surface area (Å²) in [5.41, 5.74) is 0. The van der Waals surface area contributed by atoms with E-state index in [9.17, 15) is 9.59 Å². The first-order valence-electron chi connectivity index (χ1n) is 5.29. The Bertz CT molecular complexity index is 237. The summed E-state index contributed by atoms with van der Waals surface area (Å²) in [6.07, 6.45) is 0.858. The Morgan fingerprint density at radius 3 is 2.47 bits per heavy atom. The molecule has 0 bridgehead atoms. The molecular weight excluding hydrogens is 242 g/mol. The number of nitrogens with one attached hydrogen (secondary N) is 1. The van der Waals surface area contributed by atoms with Gasteiger partial charge in [0.15, 0.2) is 0 Å². The first-order valence-corrected chi connectivity index (χ1v) is 6.41. The van der Waals surface area contributed by atoms with Crippen molar-refractivity contribution in [2.45, 2.75) is 24.9 Å². The largest absolute Gasteiger partial charge is 0.469 e. The van der Waals surface area contributed by atoms with E-state index in [0.29, 0.717) is 16.3 Å². The highest BCUT2D eigenvalue weighted by Gasteiger charge is 2.22. The molecule has 0 rings (SSSR count). The lowest BCUT2D eigenvalue weighted by Crippen LogP contribution is -2.40. The molecule has 0 aliphatic carbocycles. The molecule has 1 atom stereocenters. The lowest BCUT2D eigenvalue weighted by atomic mass is 10.2. The van der Waals surface area contributed by atoms with E-state index in [-0.39, 0.29) is 6.42 Å². The Morgan fingerprint density at radius 2 is 1.94 bits per heavy atom. The Hall–Kier alpha value is -0.923. The highest BCUT2D eigenvalue weighted by atomic mass is 28.2. The number of carbonyl (C=O) groups excluding carboxylic acids is 2. The molecule has 0 spiro atoms. The van der Waals surface area contributed by atoms with E-state index < -0.39 is 18.0 Å². The number of esters is 2. The molecule has 0 aliphatic heterocycles. The molecule has 1 N–H and O–H groups in total. The quantitative estimate of drug-likeness (QED) is 0.351. The number of carbonyl (C=O) groups is 2. The smallest absolute Gasteiger partial charge is 0.323 e. The van der Waals surface area contributed by atoms with E-state index in [1.165, 1.54) is 14.2 Å². The van der Waals surface area contributed by atoms with Gasteiger partial charge in [-0.15, -0.1) is 0 Å². The molecule has 6 nitrogen and oxygen atoms in total. The minimum atomic E-state index is -0.640. The number of ether oxygens (including phenoxy) is 2. The highest BCUT2D eigenvalue weighted by Crippen LogP contribution is 1.98. The van der Waals surface area contributed by atoms with Crippen LogP contribution in [0.3, 0.4) is 0 Å². The molecule has 0 amide bonds. The third kappa shape index (κ3) is 7.89. The van der Waals surface area contributed by atoms with E-state index in [1.807, 2.05) is 0 Å². The molecule has 98 valence electrons. The van der Waals surface area contributed by atoms with Gasteiger partial charge in [-0.2, -0.15) is 0 Å². The van der Waals surface area contributed by atoms with Gasteiger partial charge in [0.1, 0.15) is 6.04 Å². The van der Waals surface area contributed by atoms with Gasteiger partial charge in [0.05, 0.1) is 20.6 Å². The Labute approximate surface area is 104 Å². The summed E-state index contributed by atoms with van der Waals surface area (Å²) in [6, 6.07) is 0.286. The van der Waals surface area contributed by atoms with E-state index in [1.54, 1.807) is 7.11 Å². The second-order valence-electron chi connectivity index (χ2n) is 3.26. The summed E-state index contributed by atoms with van der Waals surface area (Å²) in [4.78, 5) is 22.5. The zero-order chi connectivity index (χ0) is 13.1. The van der Waals surface area contributed by atoms with E-state index in [0.717, 1.165) is 12.5 Å². The third-order valence-electron chi connectivity index (χ3n) is 2.07. The van der Waals surface area contributed by atoms with Crippen LogP contribution in [0, 0.1) is 0 Å². The predicted molar refractivity (Wildman–Crippen MR) is 62.6 cm³/mol. The minimum Gasteiger partial charge on any atom is -0.469 e. The second kappa shape index (κ2) is 10.2. The molecule has 0 aromatic carbocycles. The highest BCUT2D eigenvalue weighted by molar-refractivity contribution is 6.26. The molecule has 0 aromatic heterocycles. The fourth-order valence-electron chi connectivity index (χ4n) is 1.17. The van der Waals surface area contributed by atoms with Crippen LogP contribution in [0.15, 0.2) is 0 Å². The molecular formula is C10H19NO5Si. The van der Waals surface area contributed by atoms with Gasteiger partial charge in [0, 0.05) is 7.11 Å². The maximum Gasteiger partial charge on any atom is 0.323 e. The van der Waals surface area contributed by atoms with Crippen molar-refractivity contribution in [3.8, 4) is 0 Å². The second-order valence-corrected chi connectivity index (χ2v) is 4.46. The maximum absolute atomic E-state index is 11.4. The molecule has 0 saturated carbocycles. The minimum absolute atomic E-state index is 0.0181. The topological polar surface area (TPSA) is 73.9 Å². The van der Waals surface area contributed by atoms with Crippen molar-refractivity contribution in [2.24, 2.45) is 0 Å². The first-order chi connectivity index (χ1) is 8.15. The average molecular weight is 261 g/mol. The van der Waals surface area contributed by atoms with Gasteiger partial charge in [-0.05, 0) is 19.0 Å². The van der Waals surface area contributed by atoms with Gasteiger partial charge in [-0.1, -0.05) is 0 Å². The van der Waals surface area contributed by atoms with Crippen LogP contribution in [0.4, 0.5) is 0 Å². The van der Waals surface area contributed by atoms with Crippen LogP contribution < -0.4 is 5.32 Å². The van der Waals surface area contributed by atoms with Crippen molar-refractivity contribution in [3.05, 3.63) is 0 Å². The lowest BCUT2D eigenvalue weighted by molar-refractivity contribution is -0.149. The monoisotopic (exact) mass is 261 g/mol. The van der Waals surface area contributed by atoms with Gasteiger partial charge in [-0.25, -0.2) is 0 Å². The van der Waals surface area contributed by atoms with Crippen molar-refractivity contribution in [1.29, 1.82) is 0 Å². The van der Waals surface area contributed by atoms with Crippen LogP contribution in [0.1, 0.15) is 12.8 Å². The first kappa shape index (κ1) is 16.1. The lowest BCUT2D eigenvalue weighted by Gasteiger charge is -2.14. The number of methoxy groups -OCH3 is 2. The predicted octanol–water partition coefficient (Wildman–Crippen LogP) is -0.245. The zero-order valence-corrected chi connectivity index (χ0v) is 11.4. The van der Waals surface area contributed by atoms with Crippen molar-refractivity contribution >= 4 is 21.7 Å². The van der Waals surface area contributed by atoms with Gasteiger partial charge in [0.2, 0.25) is 9.76 Å². The van der Waals surface area contributed by atoms with Crippen molar-refractivity contribution in [2.75, 3.05) is 27.9 Å². The SMILES string of the molecule is CO[Si]CCCNC(CC(=O)OC)C(=O)OC. The molecule has 0 aliphatic rings. The van der Waals surface area contributed by atoms with Crippen LogP contribution in [-0.4, -0.2) is 55.6 Å². The third-order valence-corrected chi connectivity index (χ3v) is 2.92. The molecule has 0 aromatic rings.